The van der Waals surface area contributed by atoms with Crippen molar-refractivity contribution in [2.45, 2.75) is 80.6 Å². The topological polar surface area (TPSA) is 0 Å². The first-order valence-electron chi connectivity index (χ1n) is 9.16. The Morgan fingerprint density at radius 3 is 1.19 bits per heavy atom. The first kappa shape index (κ1) is 23.9. The largest absolute Gasteiger partial charge is 1.00 e. The maximum Gasteiger partial charge on any atom is 0.0789 e. The van der Waals surface area contributed by atoms with Crippen LogP contribution in [0.2, 0.25) is 0 Å². The molecule has 0 amide bonds. The number of rotatable bonds is 12. The Morgan fingerprint density at radius 1 is 0.619 bits per heavy atom. The second-order valence-corrected chi connectivity index (χ2v) is 8.14. The summed E-state index contributed by atoms with van der Waals surface area (Å²) < 4.78 is 1.39. The normalized spacial score (nSPS) is 12.3. The third kappa shape index (κ3) is 12.9. The van der Waals surface area contributed by atoms with Crippen LogP contribution in [0, 0.1) is 17.8 Å². The average Bonchev–Trinajstić information content (AvgIpc) is 2.36. The van der Waals surface area contributed by atoms with Crippen molar-refractivity contribution in [1.82, 2.24) is 0 Å². The summed E-state index contributed by atoms with van der Waals surface area (Å²) in [4.78, 5) is 0. The van der Waals surface area contributed by atoms with Crippen LogP contribution in [0.15, 0.2) is 0 Å². The van der Waals surface area contributed by atoms with E-state index in [2.05, 4.69) is 48.5 Å². The highest BCUT2D eigenvalue weighted by atomic mass is 127. The van der Waals surface area contributed by atoms with E-state index < -0.39 is 0 Å². The third-order valence-corrected chi connectivity index (χ3v) is 4.53. The number of nitrogens with zero attached hydrogens (tertiary/aromatic N) is 1. The standard InChI is InChI=1S/C19H42N.HI/c1-8-9-13-20(14-10-17(2)3,15-11-18(4)5)16-12-19(6)7;/h17-19H,8-16H2,1-7H3;1H/q+1;/p-1. The molecule has 1 nitrogen and oxygen atoms in total. The minimum atomic E-state index is 0. The van der Waals surface area contributed by atoms with Gasteiger partial charge in [-0.15, -0.1) is 0 Å². The molecule has 0 aliphatic heterocycles. The van der Waals surface area contributed by atoms with E-state index in [1.165, 1.54) is 62.8 Å². The molecule has 0 saturated heterocycles. The monoisotopic (exact) mass is 411 g/mol. The molecule has 0 bridgehead atoms. The van der Waals surface area contributed by atoms with Crippen LogP contribution >= 0.6 is 0 Å². The minimum absolute atomic E-state index is 0. The Kier molecular flexibility index (Phi) is 15.0. The van der Waals surface area contributed by atoms with Crippen LogP contribution in [0.25, 0.3) is 0 Å². The van der Waals surface area contributed by atoms with Crippen molar-refractivity contribution in [1.29, 1.82) is 0 Å². The molecule has 0 aromatic carbocycles. The summed E-state index contributed by atoms with van der Waals surface area (Å²) in [5, 5.41) is 0. The fourth-order valence-electron chi connectivity index (χ4n) is 2.76. The van der Waals surface area contributed by atoms with Crippen molar-refractivity contribution in [2.75, 3.05) is 26.2 Å². The van der Waals surface area contributed by atoms with E-state index in [1.807, 2.05) is 0 Å². The van der Waals surface area contributed by atoms with Crippen molar-refractivity contribution in [2.24, 2.45) is 17.8 Å². The molecule has 0 aliphatic rings. The highest BCUT2D eigenvalue weighted by Gasteiger charge is 2.27. The van der Waals surface area contributed by atoms with Crippen molar-refractivity contribution in [3.63, 3.8) is 0 Å². The van der Waals surface area contributed by atoms with Crippen LogP contribution < -0.4 is 24.0 Å². The van der Waals surface area contributed by atoms with Gasteiger partial charge in [0.15, 0.2) is 0 Å². The molecule has 0 heterocycles. The van der Waals surface area contributed by atoms with Gasteiger partial charge in [-0.05, 0) is 43.4 Å². The van der Waals surface area contributed by atoms with Gasteiger partial charge >= 0.3 is 0 Å². The van der Waals surface area contributed by atoms with Gasteiger partial charge in [0.05, 0.1) is 26.2 Å². The second-order valence-electron chi connectivity index (χ2n) is 8.14. The summed E-state index contributed by atoms with van der Waals surface area (Å²) in [5.41, 5.74) is 0. The molecule has 0 fully saturated rings. The Bertz CT molecular complexity index is 192. The summed E-state index contributed by atoms with van der Waals surface area (Å²) >= 11 is 0. The lowest BCUT2D eigenvalue weighted by Gasteiger charge is -2.40. The van der Waals surface area contributed by atoms with Crippen molar-refractivity contribution in [3.8, 4) is 0 Å². The van der Waals surface area contributed by atoms with Crippen LogP contribution in [0.3, 0.4) is 0 Å². The molecule has 0 rings (SSSR count). The van der Waals surface area contributed by atoms with E-state index in [9.17, 15) is 0 Å². The zero-order chi connectivity index (χ0) is 15.6. The Labute approximate surface area is 152 Å². The van der Waals surface area contributed by atoms with E-state index in [-0.39, 0.29) is 24.0 Å². The van der Waals surface area contributed by atoms with E-state index in [0.717, 1.165) is 17.8 Å². The molecule has 0 spiro atoms. The summed E-state index contributed by atoms with van der Waals surface area (Å²) in [6.45, 7) is 22.2. The molecule has 0 atom stereocenters. The van der Waals surface area contributed by atoms with Crippen molar-refractivity contribution >= 4 is 0 Å². The lowest BCUT2D eigenvalue weighted by Crippen LogP contribution is -3.00. The van der Waals surface area contributed by atoms with Gasteiger partial charge in [0.25, 0.3) is 0 Å². The van der Waals surface area contributed by atoms with Gasteiger partial charge in [-0.3, -0.25) is 0 Å². The number of hydrogen-bond donors (Lipinski definition) is 0. The molecule has 0 N–H and O–H groups in total. The molecule has 0 unspecified atom stereocenters. The lowest BCUT2D eigenvalue weighted by molar-refractivity contribution is -0.929. The maximum absolute atomic E-state index is 2.37. The average molecular weight is 411 g/mol. The van der Waals surface area contributed by atoms with Crippen LogP contribution in [-0.2, 0) is 0 Å². The van der Waals surface area contributed by atoms with Crippen LogP contribution in [0.4, 0.5) is 0 Å². The van der Waals surface area contributed by atoms with E-state index >= 15 is 0 Å². The zero-order valence-electron chi connectivity index (χ0n) is 15.9. The predicted molar refractivity (Wildman–Crippen MR) is 93.0 cm³/mol. The maximum atomic E-state index is 2.37. The summed E-state index contributed by atoms with van der Waals surface area (Å²) in [7, 11) is 0. The van der Waals surface area contributed by atoms with Crippen LogP contribution in [0.5, 0.6) is 0 Å². The Balaban J connectivity index is 0. The number of unbranched alkanes of at least 4 members (excludes halogenated alkanes) is 1. The van der Waals surface area contributed by atoms with Crippen molar-refractivity contribution < 1.29 is 28.5 Å². The lowest BCUT2D eigenvalue weighted by atomic mass is 10.0. The highest BCUT2D eigenvalue weighted by molar-refractivity contribution is 4.55. The highest BCUT2D eigenvalue weighted by Crippen LogP contribution is 2.20. The van der Waals surface area contributed by atoms with Gasteiger partial charge in [-0.2, -0.15) is 0 Å². The van der Waals surface area contributed by atoms with Crippen LogP contribution in [-0.4, -0.2) is 30.7 Å². The summed E-state index contributed by atoms with van der Waals surface area (Å²) in [6, 6.07) is 0. The Hall–Kier alpha value is 0.690. The SMILES string of the molecule is CCCC[N+](CCC(C)C)(CCC(C)C)CCC(C)C.[I-]. The van der Waals surface area contributed by atoms with Crippen molar-refractivity contribution in [3.05, 3.63) is 0 Å². The molecule has 2 heteroatoms. The molecule has 0 saturated carbocycles. The summed E-state index contributed by atoms with van der Waals surface area (Å²) in [6.07, 6.45) is 6.90. The van der Waals surface area contributed by atoms with Gasteiger partial charge in [-0.25, -0.2) is 0 Å². The van der Waals surface area contributed by atoms with Gasteiger partial charge in [-0.1, -0.05) is 54.9 Å². The fourth-order valence-corrected chi connectivity index (χ4v) is 2.76. The fraction of sp³-hybridized carbons (Fsp3) is 1.00. The smallest absolute Gasteiger partial charge is 0.0789 e. The van der Waals surface area contributed by atoms with Gasteiger partial charge < -0.3 is 28.5 Å². The predicted octanol–water partition coefficient (Wildman–Crippen LogP) is 2.75. The van der Waals surface area contributed by atoms with E-state index in [1.54, 1.807) is 0 Å². The molecule has 21 heavy (non-hydrogen) atoms. The first-order chi connectivity index (χ1) is 9.31. The molecular weight excluding hydrogens is 369 g/mol. The molecule has 0 aromatic rings. The van der Waals surface area contributed by atoms with E-state index in [4.69, 9.17) is 0 Å². The zero-order valence-corrected chi connectivity index (χ0v) is 18.1. The minimum Gasteiger partial charge on any atom is -1.00 e. The third-order valence-electron chi connectivity index (χ3n) is 4.53. The first-order valence-corrected chi connectivity index (χ1v) is 9.16. The molecule has 0 radical (unpaired) electrons. The molecule has 0 aliphatic carbocycles. The number of quaternary nitrogens is 1. The van der Waals surface area contributed by atoms with Crippen LogP contribution in [0.1, 0.15) is 80.6 Å². The number of hydrogen-bond acceptors (Lipinski definition) is 0. The quantitative estimate of drug-likeness (QED) is 0.342. The Morgan fingerprint density at radius 2 is 0.952 bits per heavy atom. The number of halogens is 1. The second kappa shape index (κ2) is 13.2. The molecular formula is C19H42IN. The van der Waals surface area contributed by atoms with Gasteiger partial charge in [0.1, 0.15) is 0 Å². The van der Waals surface area contributed by atoms with Gasteiger partial charge in [0, 0.05) is 0 Å². The van der Waals surface area contributed by atoms with Gasteiger partial charge in [0.2, 0.25) is 0 Å². The molecule has 130 valence electrons. The molecule has 0 aromatic heterocycles. The summed E-state index contributed by atoms with van der Waals surface area (Å²) in [5.74, 6) is 2.52. The van der Waals surface area contributed by atoms with E-state index in [0.29, 0.717) is 0 Å².